The molecule has 0 amide bonds. The van der Waals surface area contributed by atoms with E-state index in [9.17, 15) is 0 Å². The van der Waals surface area contributed by atoms with E-state index in [-0.39, 0.29) is 0 Å². The molecular weight excluding hydrogens is 246 g/mol. The van der Waals surface area contributed by atoms with Crippen LogP contribution in [0.15, 0.2) is 42.5 Å². The van der Waals surface area contributed by atoms with E-state index in [4.69, 9.17) is 10.7 Å². The Balaban J connectivity index is 2.10. The first-order valence-corrected chi connectivity index (χ1v) is 6.92. The molecule has 3 nitrogen and oxygen atoms in total. The first-order valence-electron chi connectivity index (χ1n) is 6.92. The minimum atomic E-state index is 0.685. The van der Waals surface area contributed by atoms with Gasteiger partial charge in [0.15, 0.2) is 0 Å². The lowest BCUT2D eigenvalue weighted by molar-refractivity contribution is 0.951. The van der Waals surface area contributed by atoms with Gasteiger partial charge in [-0.3, -0.25) is 0 Å². The van der Waals surface area contributed by atoms with Gasteiger partial charge >= 0.3 is 0 Å². The van der Waals surface area contributed by atoms with Crippen LogP contribution in [0.4, 0.5) is 0 Å². The second-order valence-electron chi connectivity index (χ2n) is 5.17. The fourth-order valence-corrected chi connectivity index (χ4v) is 2.71. The van der Waals surface area contributed by atoms with E-state index in [1.54, 1.807) is 0 Å². The number of nitrogens with two attached hydrogens (primary N) is 1. The molecular formula is C17H19N3. The molecule has 0 unspecified atom stereocenters. The van der Waals surface area contributed by atoms with Crippen molar-refractivity contribution in [2.75, 3.05) is 6.54 Å². The van der Waals surface area contributed by atoms with Crippen LogP contribution in [-0.4, -0.2) is 16.1 Å². The van der Waals surface area contributed by atoms with Gasteiger partial charge < -0.3 is 10.3 Å². The molecule has 0 radical (unpaired) electrons. The normalized spacial score (nSPS) is 11.2. The molecule has 0 aliphatic rings. The Kier molecular flexibility index (Phi) is 3.28. The summed E-state index contributed by atoms with van der Waals surface area (Å²) in [4.78, 5) is 4.76. The number of hydrogen-bond donors (Lipinski definition) is 1. The topological polar surface area (TPSA) is 43.8 Å². The molecule has 102 valence electrons. The van der Waals surface area contributed by atoms with E-state index in [1.165, 1.54) is 16.6 Å². The van der Waals surface area contributed by atoms with E-state index >= 15 is 0 Å². The van der Waals surface area contributed by atoms with Crippen LogP contribution < -0.4 is 5.73 Å². The van der Waals surface area contributed by atoms with Crippen molar-refractivity contribution in [3.05, 3.63) is 53.6 Å². The van der Waals surface area contributed by atoms with Crippen LogP contribution in [0, 0.1) is 6.92 Å². The number of para-hydroxylation sites is 1. The number of rotatable bonds is 3. The lowest BCUT2D eigenvalue weighted by atomic mass is 10.1. The third-order valence-corrected chi connectivity index (χ3v) is 3.74. The highest BCUT2D eigenvalue weighted by Crippen LogP contribution is 2.25. The molecule has 0 saturated carbocycles. The molecule has 20 heavy (non-hydrogen) atoms. The first-order chi connectivity index (χ1) is 9.70. The Morgan fingerprint density at radius 2 is 1.85 bits per heavy atom. The van der Waals surface area contributed by atoms with Crippen LogP contribution in [0.5, 0.6) is 0 Å². The van der Waals surface area contributed by atoms with Crippen LogP contribution in [0.3, 0.4) is 0 Å². The minimum absolute atomic E-state index is 0.685. The molecule has 3 heteroatoms. The van der Waals surface area contributed by atoms with Crippen molar-refractivity contribution < 1.29 is 0 Å². The smallest absolute Gasteiger partial charge is 0.140 e. The van der Waals surface area contributed by atoms with Crippen LogP contribution >= 0.6 is 0 Å². The van der Waals surface area contributed by atoms with Gasteiger partial charge in [-0.15, -0.1) is 0 Å². The maximum absolute atomic E-state index is 5.58. The van der Waals surface area contributed by atoms with Gasteiger partial charge in [-0.25, -0.2) is 4.98 Å². The fraction of sp³-hybridized carbons (Fsp3) is 0.235. The number of fused-ring (bicyclic) bond motifs is 1. The van der Waals surface area contributed by atoms with E-state index in [0.29, 0.717) is 6.54 Å². The SMILES string of the molecule is Cc1cccc2nc(-c3ccc(CCN)cc3)n(C)c12. The Morgan fingerprint density at radius 3 is 2.50 bits per heavy atom. The zero-order valence-corrected chi connectivity index (χ0v) is 11.9. The molecule has 0 atom stereocenters. The number of imidazole rings is 1. The standard InChI is InChI=1S/C17H19N3/c1-12-4-3-5-15-16(12)20(2)17(19-15)14-8-6-13(7-9-14)10-11-18/h3-9H,10-11,18H2,1-2H3. The number of aromatic nitrogens is 2. The van der Waals surface area contributed by atoms with Gasteiger partial charge in [-0.05, 0) is 37.1 Å². The van der Waals surface area contributed by atoms with Crippen molar-refractivity contribution in [1.29, 1.82) is 0 Å². The summed E-state index contributed by atoms with van der Waals surface area (Å²) >= 11 is 0. The zero-order valence-electron chi connectivity index (χ0n) is 11.9. The van der Waals surface area contributed by atoms with E-state index in [2.05, 4.69) is 61.0 Å². The Labute approximate surface area is 119 Å². The highest BCUT2D eigenvalue weighted by molar-refractivity contribution is 5.83. The van der Waals surface area contributed by atoms with Crippen LogP contribution in [0.25, 0.3) is 22.4 Å². The fourth-order valence-electron chi connectivity index (χ4n) is 2.71. The summed E-state index contributed by atoms with van der Waals surface area (Å²) in [5, 5.41) is 0. The van der Waals surface area contributed by atoms with Gasteiger partial charge in [0.25, 0.3) is 0 Å². The van der Waals surface area contributed by atoms with Gasteiger partial charge in [-0.1, -0.05) is 36.4 Å². The molecule has 0 spiro atoms. The van der Waals surface area contributed by atoms with Crippen molar-refractivity contribution >= 4 is 11.0 Å². The third-order valence-electron chi connectivity index (χ3n) is 3.74. The summed E-state index contributed by atoms with van der Waals surface area (Å²) in [6.07, 6.45) is 0.919. The van der Waals surface area contributed by atoms with Gasteiger partial charge in [0.2, 0.25) is 0 Å². The molecule has 2 N–H and O–H groups in total. The molecule has 0 bridgehead atoms. The van der Waals surface area contributed by atoms with E-state index in [1.807, 2.05) is 0 Å². The van der Waals surface area contributed by atoms with Crippen molar-refractivity contribution in [2.24, 2.45) is 12.8 Å². The molecule has 3 rings (SSSR count). The van der Waals surface area contributed by atoms with Gasteiger partial charge in [0.05, 0.1) is 11.0 Å². The monoisotopic (exact) mass is 265 g/mol. The number of benzene rings is 2. The van der Waals surface area contributed by atoms with Crippen molar-refractivity contribution in [1.82, 2.24) is 9.55 Å². The third kappa shape index (κ3) is 2.10. The number of nitrogens with zero attached hydrogens (tertiary/aromatic N) is 2. The van der Waals surface area contributed by atoms with Crippen LogP contribution in [0.2, 0.25) is 0 Å². The summed E-state index contributed by atoms with van der Waals surface area (Å²) in [5.41, 5.74) is 11.5. The molecule has 1 heterocycles. The molecule has 0 aliphatic carbocycles. The second-order valence-corrected chi connectivity index (χ2v) is 5.17. The summed E-state index contributed by atoms with van der Waals surface area (Å²) < 4.78 is 2.17. The van der Waals surface area contributed by atoms with Crippen LogP contribution in [-0.2, 0) is 13.5 Å². The average molecular weight is 265 g/mol. The highest BCUT2D eigenvalue weighted by atomic mass is 15.1. The van der Waals surface area contributed by atoms with Gasteiger partial charge in [0, 0.05) is 12.6 Å². The van der Waals surface area contributed by atoms with E-state index < -0.39 is 0 Å². The summed E-state index contributed by atoms with van der Waals surface area (Å²) in [5.74, 6) is 1.01. The Bertz CT molecular complexity index is 739. The molecule has 2 aromatic carbocycles. The predicted molar refractivity (Wildman–Crippen MR) is 83.6 cm³/mol. The quantitative estimate of drug-likeness (QED) is 0.791. The maximum atomic E-state index is 5.58. The van der Waals surface area contributed by atoms with Crippen molar-refractivity contribution in [3.63, 3.8) is 0 Å². The largest absolute Gasteiger partial charge is 0.330 e. The highest BCUT2D eigenvalue weighted by Gasteiger charge is 2.11. The number of hydrogen-bond acceptors (Lipinski definition) is 2. The molecule has 0 saturated heterocycles. The van der Waals surface area contributed by atoms with Crippen molar-refractivity contribution in [2.45, 2.75) is 13.3 Å². The van der Waals surface area contributed by atoms with Gasteiger partial charge in [0.1, 0.15) is 5.82 Å². The summed E-state index contributed by atoms with van der Waals surface area (Å²) in [6.45, 7) is 2.81. The predicted octanol–water partition coefficient (Wildman–Crippen LogP) is 3.05. The van der Waals surface area contributed by atoms with Crippen LogP contribution in [0.1, 0.15) is 11.1 Å². The number of aryl methyl sites for hydroxylation is 2. The summed E-state index contributed by atoms with van der Waals surface area (Å²) in [6, 6.07) is 14.8. The van der Waals surface area contributed by atoms with E-state index in [0.717, 1.165) is 23.3 Å². The average Bonchev–Trinajstić information content (AvgIpc) is 2.79. The second kappa shape index (κ2) is 5.10. The minimum Gasteiger partial charge on any atom is -0.330 e. The lowest BCUT2D eigenvalue weighted by Crippen LogP contribution is -2.02. The molecule has 1 aromatic heterocycles. The Hall–Kier alpha value is -2.13. The summed E-state index contributed by atoms with van der Waals surface area (Å²) in [7, 11) is 2.07. The Morgan fingerprint density at radius 1 is 1.10 bits per heavy atom. The zero-order chi connectivity index (χ0) is 14.1. The maximum Gasteiger partial charge on any atom is 0.140 e. The molecule has 0 fully saturated rings. The van der Waals surface area contributed by atoms with Crippen molar-refractivity contribution in [3.8, 4) is 11.4 Å². The lowest BCUT2D eigenvalue weighted by Gasteiger charge is -2.05. The van der Waals surface area contributed by atoms with Gasteiger partial charge in [-0.2, -0.15) is 0 Å². The molecule has 3 aromatic rings. The molecule has 0 aliphatic heterocycles. The first kappa shape index (κ1) is 12.9.